The Morgan fingerprint density at radius 2 is 1.30 bits per heavy atom. The lowest BCUT2D eigenvalue weighted by molar-refractivity contribution is -0.146. The number of nitrogens with zero attached hydrogens (tertiary/aromatic N) is 4. The molecule has 1 saturated heterocycles. The smallest absolute Gasteiger partial charge is 0.312 e. The molecule has 1 aliphatic rings. The van der Waals surface area contributed by atoms with Crippen LogP contribution in [0.25, 0.3) is 0 Å². The van der Waals surface area contributed by atoms with Gasteiger partial charge >= 0.3 is 11.8 Å². The number of aromatic nitrogens is 2. The van der Waals surface area contributed by atoms with E-state index in [1.54, 1.807) is 23.4 Å². The van der Waals surface area contributed by atoms with Gasteiger partial charge in [-0.05, 0) is 17.2 Å². The first-order valence-electron chi connectivity index (χ1n) is 9.94. The Morgan fingerprint density at radius 1 is 0.767 bits per heavy atom. The minimum atomic E-state index is -0.600. The van der Waals surface area contributed by atoms with Gasteiger partial charge in [0.15, 0.2) is 0 Å². The van der Waals surface area contributed by atoms with Crippen LogP contribution in [-0.2, 0) is 9.59 Å². The van der Waals surface area contributed by atoms with Gasteiger partial charge in [-0.15, -0.1) is 0 Å². The Morgan fingerprint density at radius 3 is 1.83 bits per heavy atom. The molecule has 1 aliphatic heterocycles. The normalized spacial score (nSPS) is 13.9. The molecule has 0 bridgehead atoms. The number of piperazine rings is 1. The largest absolute Gasteiger partial charge is 0.337 e. The van der Waals surface area contributed by atoms with Crippen molar-refractivity contribution in [3.8, 4) is 0 Å². The van der Waals surface area contributed by atoms with Crippen LogP contribution in [0.5, 0.6) is 0 Å². The maximum absolute atomic E-state index is 12.8. The van der Waals surface area contributed by atoms with Gasteiger partial charge < -0.3 is 15.1 Å². The summed E-state index contributed by atoms with van der Waals surface area (Å²) in [6.07, 6.45) is 3.39. The summed E-state index contributed by atoms with van der Waals surface area (Å²) in [6.45, 7) is 2.07. The predicted molar refractivity (Wildman–Crippen MR) is 114 cm³/mol. The summed E-state index contributed by atoms with van der Waals surface area (Å²) in [7, 11) is 0. The van der Waals surface area contributed by atoms with E-state index < -0.39 is 11.8 Å². The fraction of sp³-hybridized carbons (Fsp3) is 0.217. The van der Waals surface area contributed by atoms with Crippen LogP contribution in [0, 0.1) is 0 Å². The van der Waals surface area contributed by atoms with Crippen molar-refractivity contribution in [3.63, 3.8) is 0 Å². The number of amides is 2. The lowest BCUT2D eigenvalue weighted by Crippen LogP contribution is -2.53. The molecule has 0 aliphatic carbocycles. The molecule has 7 nitrogen and oxygen atoms in total. The second kappa shape index (κ2) is 9.17. The topological polar surface area (TPSA) is 78.4 Å². The average molecular weight is 401 g/mol. The van der Waals surface area contributed by atoms with E-state index in [9.17, 15) is 9.59 Å². The van der Waals surface area contributed by atoms with E-state index >= 15 is 0 Å². The molecule has 0 spiro atoms. The molecule has 1 aromatic heterocycles. The van der Waals surface area contributed by atoms with Gasteiger partial charge in [-0.3, -0.25) is 9.59 Å². The van der Waals surface area contributed by atoms with Crippen molar-refractivity contribution in [2.45, 2.75) is 6.04 Å². The van der Waals surface area contributed by atoms with E-state index in [0.29, 0.717) is 32.1 Å². The fourth-order valence-corrected chi connectivity index (χ4v) is 3.55. The summed E-state index contributed by atoms with van der Waals surface area (Å²) in [5.41, 5.74) is 1.85. The van der Waals surface area contributed by atoms with Crippen LogP contribution in [0.1, 0.15) is 17.2 Å². The zero-order valence-corrected chi connectivity index (χ0v) is 16.5. The van der Waals surface area contributed by atoms with E-state index in [2.05, 4.69) is 15.3 Å². The van der Waals surface area contributed by atoms with Gasteiger partial charge in [0.1, 0.15) is 0 Å². The number of hydrogen-bond donors (Lipinski definition) is 1. The Balaban J connectivity index is 1.42. The molecule has 2 amide bonds. The molecule has 152 valence electrons. The second-order valence-electron chi connectivity index (χ2n) is 7.06. The van der Waals surface area contributed by atoms with Gasteiger partial charge in [-0.1, -0.05) is 60.7 Å². The average Bonchev–Trinajstić information content (AvgIpc) is 2.83. The molecule has 30 heavy (non-hydrogen) atoms. The number of nitrogens with one attached hydrogen (secondary N) is 1. The zero-order valence-electron chi connectivity index (χ0n) is 16.5. The SMILES string of the molecule is O=C(NC(c1ccccc1)c1ccccc1)C(=O)N1CCN(c2ncccn2)CC1. The molecule has 0 atom stereocenters. The standard InChI is InChI=1S/C23H23N5O2/c29-21(22(30)27-14-16-28(17-15-27)23-24-12-7-13-25-23)26-20(18-8-3-1-4-9-18)19-10-5-2-6-11-19/h1-13,20H,14-17H2,(H,26,29). The van der Waals surface area contributed by atoms with Gasteiger partial charge in [0.2, 0.25) is 5.95 Å². The van der Waals surface area contributed by atoms with Crippen molar-refractivity contribution < 1.29 is 9.59 Å². The number of rotatable bonds is 4. The summed E-state index contributed by atoms with van der Waals surface area (Å²) in [5, 5.41) is 2.92. The molecule has 2 aromatic carbocycles. The number of hydrogen-bond acceptors (Lipinski definition) is 5. The van der Waals surface area contributed by atoms with Crippen molar-refractivity contribution in [2.24, 2.45) is 0 Å². The van der Waals surface area contributed by atoms with Crippen molar-refractivity contribution >= 4 is 17.8 Å². The monoisotopic (exact) mass is 401 g/mol. The van der Waals surface area contributed by atoms with Crippen molar-refractivity contribution in [2.75, 3.05) is 31.1 Å². The third-order valence-corrected chi connectivity index (χ3v) is 5.14. The van der Waals surface area contributed by atoms with Crippen LogP contribution < -0.4 is 10.2 Å². The first kappa shape index (κ1) is 19.6. The number of anilines is 1. The molecule has 1 fully saturated rings. The molecule has 2 heterocycles. The van der Waals surface area contributed by atoms with Crippen LogP contribution in [0.4, 0.5) is 5.95 Å². The molecule has 3 aromatic rings. The van der Waals surface area contributed by atoms with Gasteiger partial charge in [-0.2, -0.15) is 0 Å². The molecule has 4 rings (SSSR count). The van der Waals surface area contributed by atoms with Crippen LogP contribution in [0.3, 0.4) is 0 Å². The van der Waals surface area contributed by atoms with Gasteiger partial charge in [0.05, 0.1) is 6.04 Å². The van der Waals surface area contributed by atoms with Crippen molar-refractivity contribution in [1.82, 2.24) is 20.2 Å². The summed E-state index contributed by atoms with van der Waals surface area (Å²) < 4.78 is 0. The van der Waals surface area contributed by atoms with Gasteiger partial charge in [0.25, 0.3) is 0 Å². The van der Waals surface area contributed by atoms with Gasteiger partial charge in [0, 0.05) is 38.6 Å². The van der Waals surface area contributed by atoms with E-state index in [-0.39, 0.29) is 6.04 Å². The molecular formula is C23H23N5O2. The zero-order chi connectivity index (χ0) is 20.8. The van der Waals surface area contributed by atoms with Crippen LogP contribution in [0.2, 0.25) is 0 Å². The Bertz CT molecular complexity index is 935. The van der Waals surface area contributed by atoms with E-state index in [1.165, 1.54) is 0 Å². The maximum atomic E-state index is 12.8. The molecule has 0 saturated carbocycles. The minimum absolute atomic E-state index is 0.386. The Labute approximate surface area is 175 Å². The number of benzene rings is 2. The summed E-state index contributed by atoms with van der Waals surface area (Å²) >= 11 is 0. The summed E-state index contributed by atoms with van der Waals surface area (Å²) in [4.78, 5) is 37.7. The maximum Gasteiger partial charge on any atom is 0.312 e. The van der Waals surface area contributed by atoms with E-state index in [0.717, 1.165) is 11.1 Å². The second-order valence-corrected chi connectivity index (χ2v) is 7.06. The van der Waals surface area contributed by atoms with E-state index in [4.69, 9.17) is 0 Å². The highest BCUT2D eigenvalue weighted by atomic mass is 16.2. The quantitative estimate of drug-likeness (QED) is 0.677. The molecule has 7 heteroatoms. The lowest BCUT2D eigenvalue weighted by atomic mass is 9.98. The van der Waals surface area contributed by atoms with Crippen molar-refractivity contribution in [1.29, 1.82) is 0 Å². The first-order chi connectivity index (χ1) is 14.7. The first-order valence-corrected chi connectivity index (χ1v) is 9.94. The summed E-state index contributed by atoms with van der Waals surface area (Å²) in [6, 6.07) is 20.7. The Hall–Kier alpha value is -3.74. The lowest BCUT2D eigenvalue weighted by Gasteiger charge is -2.34. The summed E-state index contributed by atoms with van der Waals surface area (Å²) in [5.74, 6) is -0.472. The molecule has 0 radical (unpaired) electrons. The molecular weight excluding hydrogens is 378 g/mol. The fourth-order valence-electron chi connectivity index (χ4n) is 3.55. The highest BCUT2D eigenvalue weighted by Crippen LogP contribution is 2.22. The number of carbonyl (C=O) groups excluding carboxylic acids is 2. The predicted octanol–water partition coefficient (Wildman–Crippen LogP) is 2.03. The minimum Gasteiger partial charge on any atom is -0.337 e. The Kier molecular flexibility index (Phi) is 5.98. The van der Waals surface area contributed by atoms with Crippen LogP contribution in [-0.4, -0.2) is 52.9 Å². The highest BCUT2D eigenvalue weighted by Gasteiger charge is 2.28. The van der Waals surface area contributed by atoms with Crippen LogP contribution >= 0.6 is 0 Å². The van der Waals surface area contributed by atoms with Crippen LogP contribution in [0.15, 0.2) is 79.1 Å². The third kappa shape index (κ3) is 4.46. The molecule has 0 unspecified atom stereocenters. The van der Waals surface area contributed by atoms with E-state index in [1.807, 2.05) is 65.6 Å². The highest BCUT2D eigenvalue weighted by molar-refractivity contribution is 6.35. The third-order valence-electron chi connectivity index (χ3n) is 5.14. The van der Waals surface area contributed by atoms with Crippen molar-refractivity contribution in [3.05, 3.63) is 90.3 Å². The molecule has 1 N–H and O–H groups in total. The number of carbonyl (C=O) groups is 2. The van der Waals surface area contributed by atoms with Gasteiger partial charge in [-0.25, -0.2) is 9.97 Å².